The number of benzene rings is 3. The number of alkyl halides is 3. The number of carbonyl (C=O) groups is 1. The van der Waals surface area contributed by atoms with Crippen LogP contribution in [0.4, 0.5) is 24.5 Å². The molecule has 12 heteroatoms. The molecule has 0 saturated carbocycles. The Balaban J connectivity index is 1.79. The molecule has 0 heterocycles. The summed E-state index contributed by atoms with van der Waals surface area (Å²) in [6, 6.07) is 17.0. The fourth-order valence-corrected chi connectivity index (χ4v) is 4.14. The molecule has 0 aliphatic heterocycles. The zero-order chi connectivity index (χ0) is 26.5. The molecule has 192 valence electrons. The highest BCUT2D eigenvalue weighted by atomic mass is 32.2. The zero-order valence-electron chi connectivity index (χ0n) is 19.3. The summed E-state index contributed by atoms with van der Waals surface area (Å²) in [7, 11) is -3.88. The highest BCUT2D eigenvalue weighted by Gasteiger charge is 2.31. The first-order valence-electron chi connectivity index (χ1n) is 10.5. The molecule has 3 aromatic rings. The third-order valence-corrected chi connectivity index (χ3v) is 6.04. The number of hydrogen-bond acceptors (Lipinski definition) is 6. The molecule has 1 amide bonds. The number of ether oxygens (including phenoxy) is 2. The van der Waals surface area contributed by atoms with Crippen LogP contribution in [0.1, 0.15) is 5.56 Å². The van der Waals surface area contributed by atoms with E-state index in [1.807, 2.05) is 19.1 Å². The Kier molecular flexibility index (Phi) is 7.98. The molecule has 3 aromatic carbocycles. The topological polar surface area (TPSA) is 111 Å². The average molecular weight is 524 g/mol. The molecule has 0 spiro atoms. The van der Waals surface area contributed by atoms with Crippen molar-refractivity contribution < 1.29 is 35.9 Å². The Bertz CT molecular complexity index is 1300. The van der Waals surface area contributed by atoms with Crippen LogP contribution < -0.4 is 24.8 Å². The first-order chi connectivity index (χ1) is 16.8. The number of anilines is 2. The molecule has 0 bridgehead atoms. The molecule has 0 saturated heterocycles. The van der Waals surface area contributed by atoms with Gasteiger partial charge in [0.05, 0.1) is 18.5 Å². The maximum Gasteiger partial charge on any atom is 0.573 e. The minimum absolute atomic E-state index is 0.0795. The van der Waals surface area contributed by atoms with E-state index in [-0.39, 0.29) is 11.4 Å². The van der Waals surface area contributed by atoms with E-state index in [0.29, 0.717) is 11.5 Å². The lowest BCUT2D eigenvalue weighted by atomic mass is 10.2. The molecule has 3 N–H and O–H groups in total. The normalized spacial score (nSPS) is 12.5. The lowest BCUT2D eigenvalue weighted by Crippen LogP contribution is -2.47. The van der Waals surface area contributed by atoms with Gasteiger partial charge in [0.15, 0.2) is 0 Å². The van der Waals surface area contributed by atoms with E-state index < -0.39 is 40.6 Å². The number of halogens is 3. The highest BCUT2D eigenvalue weighted by Crippen LogP contribution is 2.28. The summed E-state index contributed by atoms with van der Waals surface area (Å²) in [6.07, 6.45) is -3.94. The van der Waals surface area contributed by atoms with Gasteiger partial charge in [0.2, 0.25) is 15.9 Å². The first-order valence-corrected chi connectivity index (χ1v) is 12.4. The summed E-state index contributed by atoms with van der Waals surface area (Å²) < 4.78 is 73.2. The molecule has 0 aliphatic carbocycles. The van der Waals surface area contributed by atoms with Gasteiger partial charge in [-0.15, -0.1) is 13.2 Å². The fourth-order valence-electron chi connectivity index (χ4n) is 3.21. The van der Waals surface area contributed by atoms with Crippen LogP contribution >= 0.6 is 0 Å². The summed E-state index contributed by atoms with van der Waals surface area (Å²) in [5.41, 5.74) is 6.84. The van der Waals surface area contributed by atoms with Crippen LogP contribution in [-0.2, 0) is 14.8 Å². The van der Waals surface area contributed by atoms with Gasteiger partial charge in [-0.2, -0.15) is 0 Å². The molecule has 0 radical (unpaired) electrons. The Labute approximate surface area is 206 Å². The van der Waals surface area contributed by atoms with E-state index in [1.54, 1.807) is 24.3 Å². The van der Waals surface area contributed by atoms with Gasteiger partial charge in [-0.1, -0.05) is 23.8 Å². The molecule has 0 fully saturated rings. The highest BCUT2D eigenvalue weighted by molar-refractivity contribution is 7.92. The first kappa shape index (κ1) is 26.7. The van der Waals surface area contributed by atoms with Crippen molar-refractivity contribution in [1.82, 2.24) is 0 Å². The van der Waals surface area contributed by atoms with Crippen molar-refractivity contribution in [1.29, 1.82) is 0 Å². The Morgan fingerprint density at radius 2 is 1.58 bits per heavy atom. The van der Waals surface area contributed by atoms with Crippen LogP contribution in [0.5, 0.6) is 17.2 Å². The van der Waals surface area contributed by atoms with Gasteiger partial charge in [-0.05, 0) is 55.5 Å². The average Bonchev–Trinajstić information content (AvgIpc) is 2.77. The smallest absolute Gasteiger partial charge is 0.457 e. The number of sulfonamides is 1. The second kappa shape index (κ2) is 10.8. The molecule has 3 rings (SSSR count). The van der Waals surface area contributed by atoms with Crippen molar-refractivity contribution in [2.75, 3.05) is 22.4 Å². The van der Waals surface area contributed by atoms with Crippen molar-refractivity contribution in [2.45, 2.75) is 19.3 Å². The van der Waals surface area contributed by atoms with Crippen molar-refractivity contribution >= 4 is 27.3 Å². The van der Waals surface area contributed by atoms with E-state index in [9.17, 15) is 26.4 Å². The number of aryl methyl sites for hydroxylation is 1. The Morgan fingerprint density at radius 3 is 2.11 bits per heavy atom. The van der Waals surface area contributed by atoms with Gasteiger partial charge in [-0.3, -0.25) is 9.10 Å². The minimum atomic E-state index is -4.90. The van der Waals surface area contributed by atoms with Crippen LogP contribution in [0.3, 0.4) is 0 Å². The number of carbonyl (C=O) groups excluding carboxylic acids is 1. The number of amides is 1. The van der Waals surface area contributed by atoms with Crippen LogP contribution in [0.15, 0.2) is 72.8 Å². The van der Waals surface area contributed by atoms with Crippen molar-refractivity contribution in [3.05, 3.63) is 78.4 Å². The molecule has 36 heavy (non-hydrogen) atoms. The van der Waals surface area contributed by atoms with Gasteiger partial charge >= 0.3 is 6.36 Å². The van der Waals surface area contributed by atoms with Gasteiger partial charge in [-0.25, -0.2) is 8.42 Å². The minimum Gasteiger partial charge on any atom is -0.457 e. The van der Waals surface area contributed by atoms with E-state index in [2.05, 4.69) is 10.1 Å². The number of hydrogen-bond donors (Lipinski definition) is 2. The quantitative estimate of drug-likeness (QED) is 0.407. The van der Waals surface area contributed by atoms with Crippen LogP contribution in [0.2, 0.25) is 0 Å². The number of rotatable bonds is 10. The number of nitrogens with two attached hydrogens (primary N) is 1. The molecule has 0 unspecified atom stereocenters. The Hall–Kier alpha value is -3.93. The lowest BCUT2D eigenvalue weighted by molar-refractivity contribution is -0.274. The maximum absolute atomic E-state index is 12.5. The van der Waals surface area contributed by atoms with E-state index in [0.717, 1.165) is 28.3 Å². The molecular formula is C24H24F3N3O5S. The zero-order valence-corrected chi connectivity index (χ0v) is 20.1. The van der Waals surface area contributed by atoms with Crippen LogP contribution in [-0.4, -0.2) is 39.5 Å². The van der Waals surface area contributed by atoms with Gasteiger partial charge in [0, 0.05) is 11.8 Å². The van der Waals surface area contributed by atoms with Crippen LogP contribution in [0.25, 0.3) is 0 Å². The summed E-state index contributed by atoms with van der Waals surface area (Å²) in [4.78, 5) is 12.1. The largest absolute Gasteiger partial charge is 0.573 e. The van der Waals surface area contributed by atoms with Crippen molar-refractivity contribution in [3.63, 3.8) is 0 Å². The lowest BCUT2D eigenvalue weighted by Gasteiger charge is -2.27. The monoisotopic (exact) mass is 523 g/mol. The third kappa shape index (κ3) is 7.80. The van der Waals surface area contributed by atoms with Crippen molar-refractivity contribution in [3.8, 4) is 17.2 Å². The Morgan fingerprint density at radius 1 is 1.00 bits per heavy atom. The maximum atomic E-state index is 12.5. The molecule has 8 nitrogen and oxygen atoms in total. The molecule has 0 aliphatic rings. The fraction of sp³-hybridized carbons (Fsp3) is 0.208. The second-order valence-electron chi connectivity index (χ2n) is 7.88. The SMILES string of the molecule is Cc1ccc(Oc2ccc(N(C[C@H](Nc3cccc(OC(F)(F)F)c3)C(N)=O)S(C)(=O)=O)cc2)cc1. The summed E-state index contributed by atoms with van der Waals surface area (Å²) >= 11 is 0. The van der Waals surface area contributed by atoms with E-state index in [1.165, 1.54) is 24.3 Å². The number of primary amides is 1. The second-order valence-corrected chi connectivity index (χ2v) is 9.78. The summed E-state index contributed by atoms with van der Waals surface area (Å²) in [6.45, 7) is 1.52. The predicted molar refractivity (Wildman–Crippen MR) is 130 cm³/mol. The van der Waals surface area contributed by atoms with Crippen molar-refractivity contribution in [2.24, 2.45) is 5.73 Å². The molecular weight excluding hydrogens is 499 g/mol. The van der Waals surface area contributed by atoms with Gasteiger partial charge < -0.3 is 20.5 Å². The van der Waals surface area contributed by atoms with Gasteiger partial charge in [0.1, 0.15) is 23.3 Å². The molecule has 0 aromatic heterocycles. The standard InChI is InChI=1S/C24H24F3N3O5S/c1-16-6-10-19(11-7-16)34-20-12-8-18(9-13-20)30(36(2,32)33)15-22(23(28)31)29-17-4-3-5-21(14-17)35-24(25,26)27/h3-14,22,29H,15H2,1-2H3,(H2,28,31)/t22-/m0/s1. The van der Waals surface area contributed by atoms with Crippen LogP contribution in [0, 0.1) is 6.92 Å². The van der Waals surface area contributed by atoms with E-state index in [4.69, 9.17) is 10.5 Å². The third-order valence-electron chi connectivity index (χ3n) is 4.88. The van der Waals surface area contributed by atoms with E-state index >= 15 is 0 Å². The number of nitrogens with one attached hydrogen (secondary N) is 1. The summed E-state index contributed by atoms with van der Waals surface area (Å²) in [5, 5.41) is 2.67. The molecule has 1 atom stereocenters. The van der Waals surface area contributed by atoms with Gasteiger partial charge in [0.25, 0.3) is 0 Å². The predicted octanol–water partition coefficient (Wildman–Crippen LogP) is 4.42. The summed E-state index contributed by atoms with van der Waals surface area (Å²) in [5.74, 6) is -0.366. The number of nitrogens with zero attached hydrogens (tertiary/aromatic N) is 1.